The summed E-state index contributed by atoms with van der Waals surface area (Å²) in [5.74, 6) is -3.42. The number of nitrogens with two attached hydrogens (primary N) is 1. The van der Waals surface area contributed by atoms with Crippen molar-refractivity contribution < 1.29 is 19.2 Å². The molecule has 4 atom stereocenters. The molecule has 1 spiro atoms. The molecule has 2 aromatic rings. The predicted molar refractivity (Wildman–Crippen MR) is 116 cm³/mol. The number of benzene rings is 2. The Morgan fingerprint density at radius 1 is 1.06 bits per heavy atom. The van der Waals surface area contributed by atoms with Gasteiger partial charge in [-0.05, 0) is 24.1 Å². The number of carbonyl (C=O) groups excluding carboxylic acids is 4. The van der Waals surface area contributed by atoms with Crippen LogP contribution in [0.25, 0.3) is 0 Å². The van der Waals surface area contributed by atoms with Gasteiger partial charge in [0.1, 0.15) is 5.54 Å². The summed E-state index contributed by atoms with van der Waals surface area (Å²) in [6, 6.07) is 13.6. The van der Waals surface area contributed by atoms with Crippen molar-refractivity contribution in [2.24, 2.45) is 17.6 Å². The molecule has 32 heavy (non-hydrogen) atoms. The molecule has 2 fully saturated rings. The van der Waals surface area contributed by atoms with Crippen molar-refractivity contribution in [3.05, 3.63) is 64.7 Å². The van der Waals surface area contributed by atoms with Gasteiger partial charge in [0.25, 0.3) is 0 Å². The lowest BCUT2D eigenvalue weighted by Gasteiger charge is -2.29. The number of anilines is 1. The lowest BCUT2D eigenvalue weighted by atomic mass is 9.76. The summed E-state index contributed by atoms with van der Waals surface area (Å²) in [5, 5.41) is 6.56. The molecule has 3 heterocycles. The number of likely N-dealkylation sites (tertiary alicyclic amines) is 1. The van der Waals surface area contributed by atoms with Crippen molar-refractivity contribution in [1.82, 2.24) is 10.2 Å². The fraction of sp³-hybridized carbons (Fsp3) is 0.304. The number of halogens is 1. The van der Waals surface area contributed by atoms with Gasteiger partial charge in [-0.25, -0.2) is 0 Å². The minimum atomic E-state index is -1.38. The van der Waals surface area contributed by atoms with E-state index in [1.54, 1.807) is 48.5 Å². The first-order valence-corrected chi connectivity index (χ1v) is 10.8. The number of amides is 4. The molecule has 0 radical (unpaired) electrons. The van der Waals surface area contributed by atoms with Crippen LogP contribution in [0.4, 0.5) is 5.69 Å². The van der Waals surface area contributed by atoms with E-state index in [2.05, 4.69) is 10.6 Å². The molecule has 0 aliphatic carbocycles. The van der Waals surface area contributed by atoms with Crippen molar-refractivity contribution in [2.45, 2.75) is 31.0 Å². The van der Waals surface area contributed by atoms with E-state index in [-0.39, 0.29) is 31.2 Å². The largest absolute Gasteiger partial charge is 0.370 e. The Morgan fingerprint density at radius 3 is 2.53 bits per heavy atom. The van der Waals surface area contributed by atoms with Gasteiger partial charge >= 0.3 is 0 Å². The molecule has 3 aliphatic rings. The zero-order valence-electron chi connectivity index (χ0n) is 17.0. The number of fused-ring (bicyclic) bond motifs is 4. The van der Waals surface area contributed by atoms with Crippen LogP contribution in [-0.4, -0.2) is 34.6 Å². The van der Waals surface area contributed by atoms with Gasteiger partial charge < -0.3 is 11.1 Å². The highest BCUT2D eigenvalue weighted by molar-refractivity contribution is 6.31. The highest BCUT2D eigenvalue weighted by Crippen LogP contribution is 2.53. The van der Waals surface area contributed by atoms with E-state index in [0.717, 1.165) is 0 Å². The smallest absolute Gasteiger partial charge is 0.250 e. The van der Waals surface area contributed by atoms with Crippen molar-refractivity contribution in [2.75, 3.05) is 5.32 Å². The SMILES string of the molecule is NC(=O)CC[C@@H]1N[C@@]2(C(=O)Nc3ccccc32)[C@@H]2C(=O)N(Cc3ccccc3Cl)C(=O)[C@H]12. The Balaban J connectivity index is 1.58. The van der Waals surface area contributed by atoms with E-state index >= 15 is 0 Å². The number of nitrogens with zero attached hydrogens (tertiary/aromatic N) is 1. The zero-order chi connectivity index (χ0) is 22.6. The monoisotopic (exact) mass is 452 g/mol. The second-order valence-corrected chi connectivity index (χ2v) is 8.83. The number of rotatable bonds is 5. The van der Waals surface area contributed by atoms with E-state index in [1.807, 2.05) is 0 Å². The molecule has 3 aliphatic heterocycles. The molecule has 5 rings (SSSR count). The summed E-state index contributed by atoms with van der Waals surface area (Å²) in [7, 11) is 0. The molecule has 0 aromatic heterocycles. The second-order valence-electron chi connectivity index (χ2n) is 8.42. The predicted octanol–water partition coefficient (Wildman–Crippen LogP) is 1.53. The Kier molecular flexibility index (Phi) is 4.79. The third-order valence-corrected chi connectivity index (χ3v) is 7.07. The van der Waals surface area contributed by atoms with E-state index in [0.29, 0.717) is 21.8 Å². The van der Waals surface area contributed by atoms with Crippen LogP contribution in [0, 0.1) is 11.8 Å². The van der Waals surface area contributed by atoms with Crippen LogP contribution in [0.1, 0.15) is 24.0 Å². The normalized spacial score (nSPS) is 28.2. The number of primary amides is 1. The third-order valence-electron chi connectivity index (χ3n) is 6.70. The fourth-order valence-electron chi connectivity index (χ4n) is 5.32. The maximum absolute atomic E-state index is 13.7. The lowest BCUT2D eigenvalue weighted by molar-refractivity contribution is -0.143. The Morgan fingerprint density at radius 2 is 1.78 bits per heavy atom. The Labute approximate surface area is 189 Å². The van der Waals surface area contributed by atoms with Crippen LogP contribution in [0.5, 0.6) is 0 Å². The quantitative estimate of drug-likeness (QED) is 0.594. The van der Waals surface area contributed by atoms with Gasteiger partial charge in [0.05, 0.1) is 18.4 Å². The van der Waals surface area contributed by atoms with E-state index in [9.17, 15) is 19.2 Å². The van der Waals surface area contributed by atoms with Gasteiger partial charge in [-0.2, -0.15) is 0 Å². The van der Waals surface area contributed by atoms with Crippen LogP contribution in [0.15, 0.2) is 48.5 Å². The molecule has 0 saturated carbocycles. The van der Waals surface area contributed by atoms with Crippen LogP contribution < -0.4 is 16.4 Å². The molecule has 2 aromatic carbocycles. The van der Waals surface area contributed by atoms with Crippen LogP contribution in [0.3, 0.4) is 0 Å². The molecule has 4 amide bonds. The standard InChI is InChI=1S/C23H21ClN4O4/c24-14-7-3-1-5-12(14)11-28-20(30)18-16(9-10-17(25)29)27-23(19(18)21(28)31)13-6-2-4-8-15(13)26-22(23)32/h1-8,16,18-19,27H,9-11H2,(H2,25,29)(H,26,32)/t16-,18+,19-,23+/m0/s1. The Bertz CT molecular complexity index is 1170. The van der Waals surface area contributed by atoms with Crippen LogP contribution in [-0.2, 0) is 31.3 Å². The van der Waals surface area contributed by atoms with Gasteiger partial charge in [0.2, 0.25) is 23.6 Å². The van der Waals surface area contributed by atoms with Gasteiger partial charge in [-0.15, -0.1) is 0 Å². The molecule has 8 nitrogen and oxygen atoms in total. The van der Waals surface area contributed by atoms with Crippen molar-refractivity contribution >= 4 is 40.9 Å². The van der Waals surface area contributed by atoms with E-state index in [4.69, 9.17) is 17.3 Å². The number of nitrogens with one attached hydrogen (secondary N) is 2. The van der Waals surface area contributed by atoms with Crippen molar-refractivity contribution in [1.29, 1.82) is 0 Å². The fourth-order valence-corrected chi connectivity index (χ4v) is 5.51. The van der Waals surface area contributed by atoms with Gasteiger partial charge in [0, 0.05) is 28.7 Å². The van der Waals surface area contributed by atoms with Gasteiger partial charge in [-0.1, -0.05) is 48.0 Å². The summed E-state index contributed by atoms with van der Waals surface area (Å²) in [4.78, 5) is 53.1. The molecule has 4 N–H and O–H groups in total. The number of carbonyl (C=O) groups is 4. The molecule has 164 valence electrons. The minimum Gasteiger partial charge on any atom is -0.370 e. The van der Waals surface area contributed by atoms with E-state index in [1.165, 1.54) is 4.90 Å². The number of para-hydroxylation sites is 1. The maximum atomic E-state index is 13.7. The molecule has 2 saturated heterocycles. The van der Waals surface area contributed by atoms with Gasteiger partial charge in [-0.3, -0.25) is 29.4 Å². The number of hydrogen-bond acceptors (Lipinski definition) is 5. The molecular formula is C23H21ClN4O4. The van der Waals surface area contributed by atoms with E-state index < -0.39 is 35.2 Å². The first-order valence-electron chi connectivity index (χ1n) is 10.4. The Hall–Kier alpha value is -3.23. The topological polar surface area (TPSA) is 122 Å². The van der Waals surface area contributed by atoms with Crippen LogP contribution >= 0.6 is 11.6 Å². The van der Waals surface area contributed by atoms with Crippen molar-refractivity contribution in [3.8, 4) is 0 Å². The molecule has 9 heteroatoms. The third kappa shape index (κ3) is 2.87. The average Bonchev–Trinajstić information content (AvgIpc) is 3.34. The summed E-state index contributed by atoms with van der Waals surface area (Å²) in [6.45, 7) is 0.0201. The molecular weight excluding hydrogens is 432 g/mol. The van der Waals surface area contributed by atoms with Crippen molar-refractivity contribution in [3.63, 3.8) is 0 Å². The summed E-state index contributed by atoms with van der Waals surface area (Å²) < 4.78 is 0. The lowest BCUT2D eigenvalue weighted by Crippen LogP contribution is -2.53. The second kappa shape index (κ2) is 7.43. The summed E-state index contributed by atoms with van der Waals surface area (Å²) in [5.41, 5.74) is 5.83. The highest BCUT2D eigenvalue weighted by Gasteiger charge is 2.70. The first kappa shape index (κ1) is 20.7. The number of imide groups is 1. The zero-order valence-corrected chi connectivity index (χ0v) is 17.8. The molecule has 0 unspecified atom stereocenters. The highest BCUT2D eigenvalue weighted by atomic mass is 35.5. The first-order chi connectivity index (χ1) is 15.3. The number of hydrogen-bond donors (Lipinski definition) is 3. The minimum absolute atomic E-state index is 0.0201. The van der Waals surface area contributed by atoms with Crippen LogP contribution in [0.2, 0.25) is 5.02 Å². The summed E-state index contributed by atoms with van der Waals surface area (Å²) in [6.07, 6.45) is 0.277. The average molecular weight is 453 g/mol. The maximum Gasteiger partial charge on any atom is 0.250 e. The van der Waals surface area contributed by atoms with Gasteiger partial charge in [0.15, 0.2) is 0 Å². The molecule has 0 bridgehead atoms. The summed E-state index contributed by atoms with van der Waals surface area (Å²) >= 11 is 6.27.